The third-order valence-corrected chi connectivity index (χ3v) is 2.49. The van der Waals surface area contributed by atoms with Gasteiger partial charge in [0.2, 0.25) is 0 Å². The van der Waals surface area contributed by atoms with E-state index in [1.165, 1.54) is 0 Å². The van der Waals surface area contributed by atoms with Crippen LogP contribution >= 0.6 is 0 Å². The molecule has 0 aliphatic carbocycles. The van der Waals surface area contributed by atoms with Crippen molar-refractivity contribution >= 4 is 5.65 Å². The monoisotopic (exact) mass is 210 g/mol. The number of rotatable bonds is 1. The van der Waals surface area contributed by atoms with Crippen LogP contribution in [0.25, 0.3) is 16.9 Å². The summed E-state index contributed by atoms with van der Waals surface area (Å²) in [6, 6.07) is 7.93. The maximum Gasteiger partial charge on any atom is 0.137 e. The maximum atomic E-state index is 4.24. The Hall–Kier alpha value is -2.23. The fourth-order valence-corrected chi connectivity index (χ4v) is 1.62. The summed E-state index contributed by atoms with van der Waals surface area (Å²) in [7, 11) is 0. The van der Waals surface area contributed by atoms with Crippen molar-refractivity contribution in [1.29, 1.82) is 0 Å². The van der Waals surface area contributed by atoms with Crippen LogP contribution in [-0.2, 0) is 0 Å². The van der Waals surface area contributed by atoms with Crippen LogP contribution in [0.3, 0.4) is 0 Å². The van der Waals surface area contributed by atoms with Crippen LogP contribution in [0, 0.1) is 6.92 Å². The molecule has 0 unspecified atom stereocenters. The third-order valence-electron chi connectivity index (χ3n) is 2.49. The molecule has 4 nitrogen and oxygen atoms in total. The average Bonchev–Trinajstić information content (AvgIpc) is 2.77. The highest BCUT2D eigenvalue weighted by molar-refractivity contribution is 5.63. The number of nitrogens with zero attached hydrogens (tertiary/aromatic N) is 4. The van der Waals surface area contributed by atoms with Gasteiger partial charge in [-0.3, -0.25) is 0 Å². The minimum atomic E-state index is 0.871. The topological polar surface area (TPSA) is 43.1 Å². The molecule has 0 N–H and O–H groups in total. The highest BCUT2D eigenvalue weighted by Gasteiger charge is 2.01. The minimum Gasteiger partial charge on any atom is -0.307 e. The van der Waals surface area contributed by atoms with Crippen LogP contribution in [0.5, 0.6) is 0 Å². The van der Waals surface area contributed by atoms with E-state index in [4.69, 9.17) is 0 Å². The molecule has 0 radical (unpaired) electrons. The summed E-state index contributed by atoms with van der Waals surface area (Å²) in [6.45, 7) is 1.93. The molecule has 0 fully saturated rings. The minimum absolute atomic E-state index is 0.871. The molecular formula is C12H10N4. The second-order valence-corrected chi connectivity index (χ2v) is 3.67. The summed E-state index contributed by atoms with van der Waals surface area (Å²) in [5.74, 6) is 0. The number of hydrogen-bond donors (Lipinski definition) is 0. The van der Waals surface area contributed by atoms with E-state index in [0.29, 0.717) is 0 Å². The summed E-state index contributed by atoms with van der Waals surface area (Å²) in [5.41, 5.74) is 3.74. The molecule has 4 heteroatoms. The molecular weight excluding hydrogens is 200 g/mol. The average molecular weight is 210 g/mol. The molecule has 0 atom stereocenters. The van der Waals surface area contributed by atoms with Gasteiger partial charge in [0.25, 0.3) is 0 Å². The summed E-state index contributed by atoms with van der Waals surface area (Å²) in [6.07, 6.45) is 5.67. The molecule has 3 heterocycles. The molecule has 0 aromatic carbocycles. The lowest BCUT2D eigenvalue weighted by Gasteiger charge is -2.00. The normalized spacial score (nSPS) is 10.8. The number of fused-ring (bicyclic) bond motifs is 1. The van der Waals surface area contributed by atoms with Crippen molar-refractivity contribution in [3.05, 3.63) is 48.5 Å². The van der Waals surface area contributed by atoms with E-state index in [9.17, 15) is 0 Å². The van der Waals surface area contributed by atoms with E-state index >= 15 is 0 Å². The lowest BCUT2D eigenvalue weighted by Crippen LogP contribution is -1.91. The van der Waals surface area contributed by atoms with Gasteiger partial charge in [-0.25, -0.2) is 4.98 Å². The van der Waals surface area contributed by atoms with Crippen LogP contribution < -0.4 is 0 Å². The van der Waals surface area contributed by atoms with Gasteiger partial charge in [0.1, 0.15) is 5.65 Å². The van der Waals surface area contributed by atoms with Crippen molar-refractivity contribution in [2.75, 3.05) is 0 Å². The zero-order valence-electron chi connectivity index (χ0n) is 8.83. The first kappa shape index (κ1) is 9.03. The highest BCUT2D eigenvalue weighted by Crippen LogP contribution is 2.17. The fraction of sp³-hybridized carbons (Fsp3) is 0.0833. The SMILES string of the molecule is Cc1ccc(-c2ccn3ccnc3c2)nn1. The third kappa shape index (κ3) is 1.44. The molecule has 0 aliphatic rings. The molecule has 3 rings (SSSR count). The zero-order valence-corrected chi connectivity index (χ0v) is 8.83. The molecule has 0 saturated heterocycles. The van der Waals surface area contributed by atoms with Gasteiger partial charge in [-0.2, -0.15) is 10.2 Å². The lowest BCUT2D eigenvalue weighted by atomic mass is 10.2. The summed E-state index contributed by atoms with van der Waals surface area (Å²) >= 11 is 0. The van der Waals surface area contributed by atoms with E-state index < -0.39 is 0 Å². The second-order valence-electron chi connectivity index (χ2n) is 3.67. The zero-order chi connectivity index (χ0) is 11.0. The van der Waals surface area contributed by atoms with Crippen LogP contribution in [0.15, 0.2) is 42.9 Å². The molecule has 0 saturated carbocycles. The van der Waals surface area contributed by atoms with E-state index in [1.54, 1.807) is 6.20 Å². The molecule has 3 aromatic rings. The fourth-order valence-electron chi connectivity index (χ4n) is 1.62. The van der Waals surface area contributed by atoms with Crippen molar-refractivity contribution in [2.45, 2.75) is 6.92 Å². The van der Waals surface area contributed by atoms with Gasteiger partial charge < -0.3 is 4.40 Å². The molecule has 0 bridgehead atoms. The predicted octanol–water partition coefficient (Wildman–Crippen LogP) is 2.10. The number of imidazole rings is 1. The second kappa shape index (κ2) is 3.41. The number of pyridine rings is 1. The summed E-state index contributed by atoms with van der Waals surface area (Å²) in [4.78, 5) is 4.24. The molecule has 0 aliphatic heterocycles. The van der Waals surface area contributed by atoms with Crippen molar-refractivity contribution in [3.8, 4) is 11.3 Å². The quantitative estimate of drug-likeness (QED) is 0.617. The van der Waals surface area contributed by atoms with Crippen molar-refractivity contribution in [2.24, 2.45) is 0 Å². The molecule has 0 spiro atoms. The summed E-state index contributed by atoms with van der Waals surface area (Å²) in [5, 5.41) is 8.20. The Morgan fingerprint density at radius 3 is 2.81 bits per heavy atom. The molecule has 0 amide bonds. The largest absolute Gasteiger partial charge is 0.307 e. The highest BCUT2D eigenvalue weighted by atomic mass is 15.1. The Morgan fingerprint density at radius 2 is 2.00 bits per heavy atom. The summed E-state index contributed by atoms with van der Waals surface area (Å²) < 4.78 is 1.96. The molecule has 3 aromatic heterocycles. The number of aryl methyl sites for hydroxylation is 1. The Morgan fingerprint density at radius 1 is 1.06 bits per heavy atom. The lowest BCUT2D eigenvalue weighted by molar-refractivity contribution is 0.986. The maximum absolute atomic E-state index is 4.24. The van der Waals surface area contributed by atoms with E-state index in [1.807, 2.05) is 48.0 Å². The van der Waals surface area contributed by atoms with Gasteiger partial charge in [0.05, 0.1) is 11.4 Å². The first-order valence-corrected chi connectivity index (χ1v) is 5.06. The van der Waals surface area contributed by atoms with Crippen molar-refractivity contribution in [1.82, 2.24) is 19.6 Å². The van der Waals surface area contributed by atoms with Gasteiger partial charge >= 0.3 is 0 Å². The first-order chi connectivity index (χ1) is 7.83. The Bertz CT molecular complexity index is 625. The number of hydrogen-bond acceptors (Lipinski definition) is 3. The van der Waals surface area contributed by atoms with E-state index in [-0.39, 0.29) is 0 Å². The molecule has 78 valence electrons. The van der Waals surface area contributed by atoms with Crippen molar-refractivity contribution < 1.29 is 0 Å². The predicted molar refractivity (Wildman–Crippen MR) is 61.0 cm³/mol. The first-order valence-electron chi connectivity index (χ1n) is 5.06. The molecule has 16 heavy (non-hydrogen) atoms. The van der Waals surface area contributed by atoms with Gasteiger partial charge in [0, 0.05) is 24.2 Å². The van der Waals surface area contributed by atoms with E-state index in [0.717, 1.165) is 22.6 Å². The van der Waals surface area contributed by atoms with Crippen LogP contribution in [0.1, 0.15) is 5.69 Å². The van der Waals surface area contributed by atoms with E-state index in [2.05, 4.69) is 15.2 Å². The Labute approximate surface area is 92.6 Å². The van der Waals surface area contributed by atoms with Gasteiger partial charge in [0.15, 0.2) is 0 Å². The van der Waals surface area contributed by atoms with Crippen LogP contribution in [0.2, 0.25) is 0 Å². The van der Waals surface area contributed by atoms with Crippen molar-refractivity contribution in [3.63, 3.8) is 0 Å². The Balaban J connectivity index is 2.14. The number of aromatic nitrogens is 4. The van der Waals surface area contributed by atoms with Crippen LogP contribution in [0.4, 0.5) is 0 Å². The Kier molecular flexibility index (Phi) is 1.93. The smallest absolute Gasteiger partial charge is 0.137 e. The standard InChI is InChI=1S/C12H10N4/c1-9-2-3-11(15-14-9)10-4-6-16-7-5-13-12(16)8-10/h2-8H,1H3. The van der Waals surface area contributed by atoms with Gasteiger partial charge in [-0.1, -0.05) is 0 Å². The van der Waals surface area contributed by atoms with Gasteiger partial charge in [-0.05, 0) is 31.2 Å². The van der Waals surface area contributed by atoms with Crippen LogP contribution in [-0.4, -0.2) is 19.6 Å². The van der Waals surface area contributed by atoms with Gasteiger partial charge in [-0.15, -0.1) is 0 Å².